The van der Waals surface area contributed by atoms with E-state index in [1.54, 1.807) is 4.90 Å². The summed E-state index contributed by atoms with van der Waals surface area (Å²) in [5, 5.41) is 21.7. The first kappa shape index (κ1) is 15.2. The molecular weight excluding hydrogens is 276 g/mol. The molecule has 0 radical (unpaired) electrons. The number of hydrogen-bond acceptors (Lipinski definition) is 6. The minimum Gasteiger partial charge on any atom is -0.394 e. The van der Waals surface area contributed by atoms with Gasteiger partial charge < -0.3 is 15.3 Å². The van der Waals surface area contributed by atoms with Crippen molar-refractivity contribution in [2.45, 2.75) is 45.1 Å². The second kappa shape index (κ2) is 7.54. The highest BCUT2D eigenvalue weighted by Gasteiger charge is 2.28. The Morgan fingerprint density at radius 2 is 2.30 bits per heavy atom. The molecule has 2 rings (SSSR count). The highest BCUT2D eigenvalue weighted by molar-refractivity contribution is 7.17. The SMILES string of the molecule is CCCNc1nnc(C(=O)N2CCCCCC2CO)s1. The number of rotatable bonds is 5. The summed E-state index contributed by atoms with van der Waals surface area (Å²) in [6, 6.07) is -0.0825. The summed E-state index contributed by atoms with van der Waals surface area (Å²) in [5.41, 5.74) is 0. The van der Waals surface area contributed by atoms with Crippen molar-refractivity contribution in [2.75, 3.05) is 25.0 Å². The molecule has 1 amide bonds. The summed E-state index contributed by atoms with van der Waals surface area (Å²) in [4.78, 5) is 14.3. The minimum atomic E-state index is -0.104. The average Bonchev–Trinajstić information content (AvgIpc) is 2.81. The van der Waals surface area contributed by atoms with E-state index in [0.29, 0.717) is 16.7 Å². The Balaban J connectivity index is 2.06. The Morgan fingerprint density at radius 3 is 3.05 bits per heavy atom. The molecule has 0 aromatic carbocycles. The molecule has 1 aromatic heterocycles. The molecule has 1 saturated heterocycles. The van der Waals surface area contributed by atoms with Crippen molar-refractivity contribution in [1.29, 1.82) is 0 Å². The Kier molecular flexibility index (Phi) is 5.72. The van der Waals surface area contributed by atoms with E-state index in [0.717, 1.165) is 38.6 Å². The van der Waals surface area contributed by atoms with Crippen molar-refractivity contribution < 1.29 is 9.90 Å². The van der Waals surface area contributed by atoms with Crippen molar-refractivity contribution in [3.05, 3.63) is 5.01 Å². The van der Waals surface area contributed by atoms with Crippen LogP contribution in [0.15, 0.2) is 0 Å². The van der Waals surface area contributed by atoms with Crippen LogP contribution in [0.5, 0.6) is 0 Å². The van der Waals surface area contributed by atoms with Crippen LogP contribution >= 0.6 is 11.3 Å². The number of nitrogens with zero attached hydrogens (tertiary/aromatic N) is 3. The highest BCUT2D eigenvalue weighted by Crippen LogP contribution is 2.22. The quantitative estimate of drug-likeness (QED) is 0.865. The van der Waals surface area contributed by atoms with Gasteiger partial charge in [-0.05, 0) is 19.3 Å². The number of aliphatic hydroxyl groups is 1. The Morgan fingerprint density at radius 1 is 1.45 bits per heavy atom. The van der Waals surface area contributed by atoms with E-state index in [-0.39, 0.29) is 18.6 Å². The van der Waals surface area contributed by atoms with Gasteiger partial charge in [-0.3, -0.25) is 4.79 Å². The molecular formula is C13H22N4O2S. The van der Waals surface area contributed by atoms with Crippen LogP contribution in [-0.4, -0.2) is 51.8 Å². The van der Waals surface area contributed by atoms with E-state index in [4.69, 9.17) is 0 Å². The van der Waals surface area contributed by atoms with E-state index >= 15 is 0 Å². The monoisotopic (exact) mass is 298 g/mol. The van der Waals surface area contributed by atoms with Crippen LogP contribution in [0.2, 0.25) is 0 Å². The van der Waals surface area contributed by atoms with Gasteiger partial charge in [0.05, 0.1) is 12.6 Å². The predicted molar refractivity (Wildman–Crippen MR) is 79.1 cm³/mol. The van der Waals surface area contributed by atoms with Crippen LogP contribution in [0.4, 0.5) is 5.13 Å². The molecule has 112 valence electrons. The summed E-state index contributed by atoms with van der Waals surface area (Å²) < 4.78 is 0. The Bertz CT molecular complexity index is 438. The fourth-order valence-electron chi connectivity index (χ4n) is 2.37. The molecule has 0 spiro atoms. The minimum absolute atomic E-state index is 0.0193. The van der Waals surface area contributed by atoms with E-state index in [1.807, 2.05) is 0 Å². The van der Waals surface area contributed by atoms with Crippen molar-refractivity contribution >= 4 is 22.4 Å². The van der Waals surface area contributed by atoms with Crippen LogP contribution in [0, 0.1) is 0 Å². The Labute approximate surface area is 123 Å². The van der Waals surface area contributed by atoms with Gasteiger partial charge in [-0.2, -0.15) is 0 Å². The predicted octanol–water partition coefficient (Wildman–Crippen LogP) is 1.74. The lowest BCUT2D eigenvalue weighted by molar-refractivity contribution is 0.0598. The van der Waals surface area contributed by atoms with Gasteiger partial charge in [0.25, 0.3) is 5.91 Å². The molecule has 20 heavy (non-hydrogen) atoms. The maximum Gasteiger partial charge on any atom is 0.285 e. The second-order valence-corrected chi connectivity index (χ2v) is 6.00. The summed E-state index contributed by atoms with van der Waals surface area (Å²) in [5.74, 6) is -0.104. The van der Waals surface area contributed by atoms with Gasteiger partial charge in [0, 0.05) is 13.1 Å². The molecule has 6 nitrogen and oxygen atoms in total. The number of carbonyl (C=O) groups excluding carboxylic acids is 1. The highest BCUT2D eigenvalue weighted by atomic mass is 32.1. The van der Waals surface area contributed by atoms with Crippen LogP contribution in [0.1, 0.15) is 48.8 Å². The molecule has 1 aliphatic rings. The standard InChI is InChI=1S/C13H22N4O2S/c1-2-7-14-13-16-15-11(20-13)12(19)17-8-5-3-4-6-10(17)9-18/h10,18H,2-9H2,1H3,(H,14,16). The van der Waals surface area contributed by atoms with Gasteiger partial charge in [0.15, 0.2) is 0 Å². The van der Waals surface area contributed by atoms with E-state index < -0.39 is 0 Å². The third-order valence-corrected chi connectivity index (χ3v) is 4.35. The van der Waals surface area contributed by atoms with Gasteiger partial charge >= 0.3 is 0 Å². The number of nitrogens with one attached hydrogen (secondary N) is 1. The average molecular weight is 298 g/mol. The summed E-state index contributed by atoms with van der Waals surface area (Å²) >= 11 is 1.29. The van der Waals surface area contributed by atoms with Gasteiger partial charge in [-0.25, -0.2) is 0 Å². The summed E-state index contributed by atoms with van der Waals surface area (Å²) in [6.45, 7) is 3.61. The largest absolute Gasteiger partial charge is 0.394 e. The van der Waals surface area contributed by atoms with Crippen LogP contribution in [0.3, 0.4) is 0 Å². The number of aliphatic hydroxyl groups excluding tert-OH is 1. The van der Waals surface area contributed by atoms with Gasteiger partial charge in [-0.1, -0.05) is 31.1 Å². The Hall–Kier alpha value is -1.21. The normalized spacial score (nSPS) is 19.7. The van der Waals surface area contributed by atoms with Crippen molar-refractivity contribution in [3.8, 4) is 0 Å². The number of aromatic nitrogens is 2. The molecule has 0 aliphatic carbocycles. The second-order valence-electron chi connectivity index (χ2n) is 5.02. The third-order valence-electron chi connectivity index (χ3n) is 3.48. The zero-order valence-electron chi connectivity index (χ0n) is 11.8. The fourth-order valence-corrected chi connectivity index (χ4v) is 3.10. The lowest BCUT2D eigenvalue weighted by Gasteiger charge is -2.27. The van der Waals surface area contributed by atoms with Crippen molar-refractivity contribution in [1.82, 2.24) is 15.1 Å². The maximum atomic E-state index is 12.5. The topological polar surface area (TPSA) is 78.4 Å². The molecule has 2 heterocycles. The van der Waals surface area contributed by atoms with E-state index in [2.05, 4.69) is 22.4 Å². The molecule has 2 N–H and O–H groups in total. The number of anilines is 1. The van der Waals surface area contributed by atoms with Gasteiger partial charge in [-0.15, -0.1) is 10.2 Å². The van der Waals surface area contributed by atoms with Crippen LogP contribution < -0.4 is 5.32 Å². The lowest BCUT2D eigenvalue weighted by atomic mass is 10.1. The number of hydrogen-bond donors (Lipinski definition) is 2. The van der Waals surface area contributed by atoms with E-state index in [9.17, 15) is 9.90 Å². The van der Waals surface area contributed by atoms with Gasteiger partial charge in [0.1, 0.15) is 0 Å². The van der Waals surface area contributed by atoms with Crippen molar-refractivity contribution in [2.24, 2.45) is 0 Å². The summed E-state index contributed by atoms with van der Waals surface area (Å²) in [7, 11) is 0. The summed E-state index contributed by atoms with van der Waals surface area (Å²) in [6.07, 6.45) is 5.03. The fraction of sp³-hybridized carbons (Fsp3) is 0.769. The molecule has 0 saturated carbocycles. The molecule has 1 unspecified atom stereocenters. The van der Waals surface area contributed by atoms with E-state index in [1.165, 1.54) is 11.3 Å². The molecule has 7 heteroatoms. The number of carbonyl (C=O) groups is 1. The zero-order valence-corrected chi connectivity index (χ0v) is 12.7. The number of likely N-dealkylation sites (tertiary alicyclic amines) is 1. The first-order valence-electron chi connectivity index (χ1n) is 7.25. The molecule has 1 aliphatic heterocycles. The van der Waals surface area contributed by atoms with Gasteiger partial charge in [0.2, 0.25) is 10.1 Å². The maximum absolute atomic E-state index is 12.5. The molecule has 1 atom stereocenters. The zero-order chi connectivity index (χ0) is 14.4. The van der Waals surface area contributed by atoms with Crippen molar-refractivity contribution in [3.63, 3.8) is 0 Å². The first-order chi connectivity index (χ1) is 9.76. The smallest absolute Gasteiger partial charge is 0.285 e. The third kappa shape index (κ3) is 3.67. The lowest BCUT2D eigenvalue weighted by Crippen LogP contribution is -2.42. The molecule has 1 aromatic rings. The first-order valence-corrected chi connectivity index (χ1v) is 8.07. The van der Waals surface area contributed by atoms with Crippen LogP contribution in [0.25, 0.3) is 0 Å². The van der Waals surface area contributed by atoms with Crippen LogP contribution in [-0.2, 0) is 0 Å². The molecule has 0 bridgehead atoms. The number of amides is 1. The molecule has 1 fully saturated rings.